The normalized spacial score (nSPS) is 23.5. The van der Waals surface area contributed by atoms with Crippen LogP contribution < -0.4 is 0 Å². The summed E-state index contributed by atoms with van der Waals surface area (Å²) in [6.45, 7) is 7.69. The number of carbonyl (C=O) groups is 1. The molecule has 1 aliphatic carbocycles. The molecule has 1 aromatic heterocycles. The lowest BCUT2D eigenvalue weighted by atomic mass is 9.86. The van der Waals surface area contributed by atoms with E-state index in [4.69, 9.17) is 0 Å². The zero-order valence-electron chi connectivity index (χ0n) is 19.7. The first-order chi connectivity index (χ1) is 16.4. The van der Waals surface area contributed by atoms with Gasteiger partial charge in [-0.3, -0.25) is 4.79 Å². The van der Waals surface area contributed by atoms with Crippen LogP contribution in [0.4, 0.5) is 4.39 Å². The summed E-state index contributed by atoms with van der Waals surface area (Å²) in [6.07, 6.45) is 1.89. The third kappa shape index (κ3) is 3.03. The molecule has 1 amide bonds. The molecule has 0 N–H and O–H groups in total. The van der Waals surface area contributed by atoms with Crippen molar-refractivity contribution in [2.75, 3.05) is 13.1 Å². The maximum absolute atomic E-state index is 13.4. The average Bonchev–Trinajstić information content (AvgIpc) is 3.10. The first-order valence-corrected chi connectivity index (χ1v) is 12.0. The number of carbonyl (C=O) groups excluding carboxylic acids is 1. The Hall–Kier alpha value is -3.47. The molecule has 2 fully saturated rings. The fourth-order valence-corrected chi connectivity index (χ4v) is 6.26. The van der Waals surface area contributed by atoms with Crippen LogP contribution in [0.15, 0.2) is 72.9 Å². The standard InChI is InChI=1S/C29H28FN3O/c1-18(2)28(34)32-16-25-27(20-7-5-4-6-8-20)29(25,17-32)24-14-21-15-31-33(26(21)13-19(24)3)23-11-9-22(30)10-12-23/h4-15,18,25,27H,16-17H2,1-3H3. The molecule has 0 bridgehead atoms. The molecule has 0 spiro atoms. The number of hydrogen-bond donors (Lipinski definition) is 0. The highest BCUT2D eigenvalue weighted by atomic mass is 19.1. The SMILES string of the molecule is Cc1cc2c(cnn2-c2ccc(F)cc2)cc1C12CN(C(=O)C(C)C)CC1C2c1ccccc1. The molecule has 5 heteroatoms. The van der Waals surface area contributed by atoms with Crippen LogP contribution in [0.3, 0.4) is 0 Å². The topological polar surface area (TPSA) is 38.1 Å². The number of fused-ring (bicyclic) bond motifs is 2. The summed E-state index contributed by atoms with van der Waals surface area (Å²) >= 11 is 0. The zero-order valence-corrected chi connectivity index (χ0v) is 19.7. The molecule has 1 saturated carbocycles. The van der Waals surface area contributed by atoms with Crippen molar-refractivity contribution in [3.8, 4) is 5.69 Å². The quantitative estimate of drug-likeness (QED) is 0.402. The van der Waals surface area contributed by atoms with Crippen molar-refractivity contribution in [2.45, 2.75) is 32.1 Å². The van der Waals surface area contributed by atoms with Crippen molar-refractivity contribution in [1.29, 1.82) is 0 Å². The Morgan fingerprint density at radius 1 is 1.09 bits per heavy atom. The monoisotopic (exact) mass is 453 g/mol. The van der Waals surface area contributed by atoms with Crippen molar-refractivity contribution in [1.82, 2.24) is 14.7 Å². The molecule has 3 aromatic carbocycles. The van der Waals surface area contributed by atoms with E-state index in [0.717, 1.165) is 29.7 Å². The summed E-state index contributed by atoms with van der Waals surface area (Å²) in [7, 11) is 0. The van der Waals surface area contributed by atoms with Gasteiger partial charge in [-0.15, -0.1) is 0 Å². The van der Waals surface area contributed by atoms with Gasteiger partial charge in [-0.1, -0.05) is 44.2 Å². The van der Waals surface area contributed by atoms with Crippen LogP contribution in [-0.4, -0.2) is 33.7 Å². The summed E-state index contributed by atoms with van der Waals surface area (Å²) in [5.74, 6) is 0.809. The fraction of sp³-hybridized carbons (Fsp3) is 0.310. The average molecular weight is 454 g/mol. The van der Waals surface area contributed by atoms with E-state index in [-0.39, 0.29) is 23.1 Å². The van der Waals surface area contributed by atoms with Gasteiger partial charge in [0.15, 0.2) is 0 Å². The Labute approximate surface area is 199 Å². The van der Waals surface area contributed by atoms with Crippen molar-refractivity contribution in [3.05, 3.63) is 95.4 Å². The highest BCUT2D eigenvalue weighted by molar-refractivity contribution is 5.84. The number of aromatic nitrogens is 2. The van der Waals surface area contributed by atoms with E-state index in [0.29, 0.717) is 11.8 Å². The highest BCUT2D eigenvalue weighted by Gasteiger charge is 2.70. The van der Waals surface area contributed by atoms with Gasteiger partial charge < -0.3 is 4.90 Å². The number of amides is 1. The largest absolute Gasteiger partial charge is 0.341 e. The lowest BCUT2D eigenvalue weighted by molar-refractivity contribution is -0.134. The molecule has 2 aliphatic rings. The molecule has 0 radical (unpaired) electrons. The number of rotatable bonds is 4. The lowest BCUT2D eigenvalue weighted by Gasteiger charge is -2.27. The molecule has 3 unspecified atom stereocenters. The Morgan fingerprint density at radius 3 is 2.53 bits per heavy atom. The smallest absolute Gasteiger partial charge is 0.225 e. The predicted molar refractivity (Wildman–Crippen MR) is 132 cm³/mol. The summed E-state index contributed by atoms with van der Waals surface area (Å²) in [6, 6.07) is 21.6. The van der Waals surface area contributed by atoms with Crippen LogP contribution in [0.2, 0.25) is 0 Å². The number of nitrogens with zero attached hydrogens (tertiary/aromatic N) is 3. The fourth-order valence-electron chi connectivity index (χ4n) is 6.26. The summed E-state index contributed by atoms with van der Waals surface area (Å²) in [5, 5.41) is 5.67. The number of piperidine rings is 1. The minimum atomic E-state index is -0.258. The molecule has 6 rings (SSSR count). The second-order valence-electron chi connectivity index (χ2n) is 10.2. The second kappa shape index (κ2) is 7.52. The number of likely N-dealkylation sites (tertiary alicyclic amines) is 1. The van der Waals surface area contributed by atoms with Crippen molar-refractivity contribution >= 4 is 16.8 Å². The van der Waals surface area contributed by atoms with Gasteiger partial charge in [-0.25, -0.2) is 9.07 Å². The van der Waals surface area contributed by atoms with E-state index in [9.17, 15) is 9.18 Å². The third-order valence-electron chi connectivity index (χ3n) is 7.83. The Balaban J connectivity index is 1.45. The molecule has 34 heavy (non-hydrogen) atoms. The van der Waals surface area contributed by atoms with Gasteiger partial charge in [0.25, 0.3) is 0 Å². The molecular formula is C29H28FN3O. The van der Waals surface area contributed by atoms with Crippen LogP contribution in [0, 0.1) is 24.6 Å². The van der Waals surface area contributed by atoms with E-state index < -0.39 is 0 Å². The summed E-state index contributed by atoms with van der Waals surface area (Å²) in [5.41, 5.74) is 5.65. The van der Waals surface area contributed by atoms with Crippen LogP contribution in [0.5, 0.6) is 0 Å². The van der Waals surface area contributed by atoms with Gasteiger partial charge in [0.2, 0.25) is 5.91 Å². The van der Waals surface area contributed by atoms with Crippen LogP contribution in [0.25, 0.3) is 16.6 Å². The van der Waals surface area contributed by atoms with E-state index in [1.54, 1.807) is 12.1 Å². The molecule has 1 aliphatic heterocycles. The molecule has 4 nitrogen and oxygen atoms in total. The molecule has 2 heterocycles. The maximum Gasteiger partial charge on any atom is 0.225 e. The Kier molecular flexibility index (Phi) is 4.67. The van der Waals surface area contributed by atoms with Gasteiger partial charge in [-0.2, -0.15) is 5.10 Å². The summed E-state index contributed by atoms with van der Waals surface area (Å²) < 4.78 is 15.3. The Bertz CT molecular complexity index is 1390. The first kappa shape index (κ1) is 21.1. The van der Waals surface area contributed by atoms with E-state index >= 15 is 0 Å². The van der Waals surface area contributed by atoms with E-state index in [2.05, 4.69) is 59.4 Å². The molecule has 1 saturated heterocycles. The molecular weight excluding hydrogens is 425 g/mol. The third-order valence-corrected chi connectivity index (χ3v) is 7.83. The van der Waals surface area contributed by atoms with Crippen molar-refractivity contribution in [2.24, 2.45) is 11.8 Å². The van der Waals surface area contributed by atoms with Gasteiger partial charge in [-0.05, 0) is 65.9 Å². The molecule has 3 atom stereocenters. The van der Waals surface area contributed by atoms with Crippen LogP contribution in [0.1, 0.15) is 36.5 Å². The first-order valence-electron chi connectivity index (χ1n) is 12.0. The Morgan fingerprint density at radius 2 is 1.82 bits per heavy atom. The zero-order chi connectivity index (χ0) is 23.6. The van der Waals surface area contributed by atoms with Crippen molar-refractivity contribution in [3.63, 3.8) is 0 Å². The number of halogens is 1. The van der Waals surface area contributed by atoms with Gasteiger partial charge >= 0.3 is 0 Å². The second-order valence-corrected chi connectivity index (χ2v) is 10.2. The van der Waals surface area contributed by atoms with Crippen LogP contribution in [-0.2, 0) is 10.2 Å². The number of benzene rings is 3. The molecule has 4 aromatic rings. The van der Waals surface area contributed by atoms with Crippen molar-refractivity contribution < 1.29 is 9.18 Å². The van der Waals surface area contributed by atoms with Gasteiger partial charge in [0.1, 0.15) is 5.82 Å². The number of aryl methyl sites for hydroxylation is 1. The number of hydrogen-bond acceptors (Lipinski definition) is 2. The van der Waals surface area contributed by atoms with Gasteiger partial charge in [0.05, 0.1) is 17.4 Å². The maximum atomic E-state index is 13.4. The van der Waals surface area contributed by atoms with E-state index in [1.807, 2.05) is 24.7 Å². The molecule has 172 valence electrons. The van der Waals surface area contributed by atoms with Crippen LogP contribution >= 0.6 is 0 Å². The van der Waals surface area contributed by atoms with E-state index in [1.165, 1.54) is 28.8 Å². The minimum Gasteiger partial charge on any atom is -0.341 e. The minimum absolute atomic E-state index is 0.00208. The lowest BCUT2D eigenvalue weighted by Crippen LogP contribution is -2.37. The highest BCUT2D eigenvalue weighted by Crippen LogP contribution is 2.69. The van der Waals surface area contributed by atoms with Gasteiger partial charge in [0, 0.05) is 35.7 Å². The predicted octanol–water partition coefficient (Wildman–Crippen LogP) is 5.62. The summed E-state index contributed by atoms with van der Waals surface area (Å²) in [4.78, 5) is 15.0.